The van der Waals surface area contributed by atoms with Crippen LogP contribution >= 0.6 is 27.3 Å². The molecule has 1 aromatic carbocycles. The van der Waals surface area contributed by atoms with Crippen LogP contribution in [0, 0.1) is 6.92 Å². The topological polar surface area (TPSA) is 52.0 Å². The molecule has 2 rings (SSSR count). The first-order valence-corrected chi connectivity index (χ1v) is 6.10. The van der Waals surface area contributed by atoms with Gasteiger partial charge in [-0.25, -0.2) is 0 Å². The summed E-state index contributed by atoms with van der Waals surface area (Å²) in [7, 11) is 0. The second kappa shape index (κ2) is 3.87. The molecular formula is C11H11BrN2S. The molecule has 0 aliphatic carbocycles. The van der Waals surface area contributed by atoms with Crippen molar-refractivity contribution in [2.24, 2.45) is 0 Å². The van der Waals surface area contributed by atoms with Crippen molar-refractivity contribution in [3.63, 3.8) is 0 Å². The fourth-order valence-corrected chi connectivity index (χ4v) is 3.36. The van der Waals surface area contributed by atoms with Gasteiger partial charge in [0.25, 0.3) is 0 Å². The third-order valence-corrected chi connectivity index (χ3v) is 4.10. The molecule has 0 atom stereocenters. The zero-order chi connectivity index (χ0) is 11.0. The first kappa shape index (κ1) is 10.5. The van der Waals surface area contributed by atoms with Gasteiger partial charge in [-0.05, 0) is 47.1 Å². The predicted octanol–water partition coefficient (Wildman–Crippen LogP) is 3.65. The number of hydrogen-bond donors (Lipinski definition) is 2. The lowest BCUT2D eigenvalue weighted by Gasteiger charge is -2.04. The molecule has 2 nitrogen and oxygen atoms in total. The molecule has 78 valence electrons. The molecule has 4 heteroatoms. The summed E-state index contributed by atoms with van der Waals surface area (Å²) in [5.41, 5.74) is 14.0. The van der Waals surface area contributed by atoms with Gasteiger partial charge in [0.05, 0.1) is 4.88 Å². The number of nitrogen functional groups attached to an aromatic ring is 2. The van der Waals surface area contributed by atoms with Gasteiger partial charge >= 0.3 is 0 Å². The Morgan fingerprint density at radius 3 is 2.47 bits per heavy atom. The van der Waals surface area contributed by atoms with Crippen molar-refractivity contribution in [1.29, 1.82) is 0 Å². The van der Waals surface area contributed by atoms with Gasteiger partial charge in [-0.1, -0.05) is 0 Å². The van der Waals surface area contributed by atoms with Crippen LogP contribution in [0.25, 0.3) is 10.4 Å². The van der Waals surface area contributed by atoms with Crippen LogP contribution in [0.3, 0.4) is 0 Å². The fraction of sp³-hybridized carbons (Fsp3) is 0.0909. The molecule has 0 amide bonds. The van der Waals surface area contributed by atoms with Crippen molar-refractivity contribution >= 4 is 38.6 Å². The van der Waals surface area contributed by atoms with Gasteiger partial charge in [-0.2, -0.15) is 0 Å². The molecule has 0 radical (unpaired) electrons. The highest BCUT2D eigenvalue weighted by molar-refractivity contribution is 9.10. The van der Waals surface area contributed by atoms with Crippen molar-refractivity contribution in [1.82, 2.24) is 0 Å². The van der Waals surface area contributed by atoms with Gasteiger partial charge in [-0.3, -0.25) is 0 Å². The largest absolute Gasteiger partial charge is 0.399 e. The Hall–Kier alpha value is -1.00. The number of benzene rings is 1. The molecule has 1 heterocycles. The molecule has 0 saturated carbocycles. The smallest absolute Gasteiger partial charge is 0.0508 e. The van der Waals surface area contributed by atoms with Gasteiger partial charge in [-0.15, -0.1) is 11.3 Å². The summed E-state index contributed by atoms with van der Waals surface area (Å²) >= 11 is 5.25. The number of rotatable bonds is 1. The van der Waals surface area contributed by atoms with Gasteiger partial charge in [0.2, 0.25) is 0 Å². The van der Waals surface area contributed by atoms with Crippen molar-refractivity contribution in [3.05, 3.63) is 33.6 Å². The molecule has 0 saturated heterocycles. The zero-order valence-electron chi connectivity index (χ0n) is 8.25. The quantitative estimate of drug-likeness (QED) is 0.785. The lowest BCUT2D eigenvalue weighted by atomic mass is 10.1. The third kappa shape index (κ3) is 2.01. The maximum Gasteiger partial charge on any atom is 0.0508 e. The highest BCUT2D eigenvalue weighted by Gasteiger charge is 2.09. The molecule has 0 aliphatic rings. The number of thiophene rings is 1. The van der Waals surface area contributed by atoms with Crippen LogP contribution in [0.4, 0.5) is 11.4 Å². The summed E-state index contributed by atoms with van der Waals surface area (Å²) in [5.74, 6) is 0. The predicted molar refractivity (Wildman–Crippen MR) is 71.0 cm³/mol. The first-order valence-electron chi connectivity index (χ1n) is 4.49. The summed E-state index contributed by atoms with van der Waals surface area (Å²) in [4.78, 5) is 2.41. The van der Waals surface area contributed by atoms with E-state index in [2.05, 4.69) is 28.9 Å². The monoisotopic (exact) mass is 282 g/mol. The maximum absolute atomic E-state index is 5.94. The van der Waals surface area contributed by atoms with E-state index in [0.717, 1.165) is 20.6 Å². The standard InChI is InChI=1S/C11H11BrN2S/c1-6-4-9(12)11(15-6)8-3-2-7(13)5-10(8)14/h2-5H,13-14H2,1H3. The minimum atomic E-state index is 0.695. The summed E-state index contributed by atoms with van der Waals surface area (Å²) in [6.07, 6.45) is 0. The van der Waals surface area contributed by atoms with E-state index in [9.17, 15) is 0 Å². The fourth-order valence-electron chi connectivity index (χ4n) is 1.45. The molecule has 1 aromatic heterocycles. The number of anilines is 2. The lowest BCUT2D eigenvalue weighted by molar-refractivity contribution is 1.61. The van der Waals surface area contributed by atoms with Crippen molar-refractivity contribution in [2.75, 3.05) is 11.5 Å². The molecule has 0 unspecified atom stereocenters. The highest BCUT2D eigenvalue weighted by atomic mass is 79.9. The third-order valence-electron chi connectivity index (χ3n) is 2.13. The summed E-state index contributed by atoms with van der Waals surface area (Å²) in [6.45, 7) is 2.08. The Kier molecular flexibility index (Phi) is 2.71. The van der Waals surface area contributed by atoms with Crippen LogP contribution in [0.2, 0.25) is 0 Å². The Morgan fingerprint density at radius 1 is 1.20 bits per heavy atom. The van der Waals surface area contributed by atoms with E-state index >= 15 is 0 Å². The lowest BCUT2D eigenvalue weighted by Crippen LogP contribution is -1.92. The van der Waals surface area contributed by atoms with Crippen LogP contribution in [0.1, 0.15) is 4.88 Å². The molecule has 15 heavy (non-hydrogen) atoms. The van der Waals surface area contributed by atoms with Gasteiger partial charge in [0.1, 0.15) is 0 Å². The summed E-state index contributed by atoms with van der Waals surface area (Å²) < 4.78 is 1.08. The van der Waals surface area contributed by atoms with Gasteiger partial charge in [0.15, 0.2) is 0 Å². The Labute approximate surface area is 101 Å². The molecule has 2 aromatic rings. The van der Waals surface area contributed by atoms with Crippen molar-refractivity contribution in [3.8, 4) is 10.4 Å². The average Bonchev–Trinajstić information content (AvgIpc) is 2.45. The van der Waals surface area contributed by atoms with Crippen LogP contribution in [-0.2, 0) is 0 Å². The SMILES string of the molecule is Cc1cc(Br)c(-c2ccc(N)cc2N)s1. The minimum absolute atomic E-state index is 0.695. The molecular weight excluding hydrogens is 272 g/mol. The Morgan fingerprint density at radius 2 is 1.93 bits per heavy atom. The summed E-state index contributed by atoms with van der Waals surface area (Å²) in [5, 5.41) is 0. The minimum Gasteiger partial charge on any atom is -0.399 e. The Balaban J connectivity index is 2.59. The number of aryl methyl sites for hydroxylation is 1. The van der Waals surface area contributed by atoms with E-state index in [-0.39, 0.29) is 0 Å². The van der Waals surface area contributed by atoms with Gasteiger partial charge in [0, 0.05) is 26.3 Å². The average molecular weight is 283 g/mol. The summed E-state index contributed by atoms with van der Waals surface area (Å²) in [6, 6.07) is 7.71. The second-order valence-corrected chi connectivity index (χ2v) is 5.49. The first-order chi connectivity index (χ1) is 7.08. The molecule has 4 N–H and O–H groups in total. The normalized spacial score (nSPS) is 10.5. The molecule has 0 aliphatic heterocycles. The number of hydrogen-bond acceptors (Lipinski definition) is 3. The van der Waals surface area contributed by atoms with Crippen molar-refractivity contribution in [2.45, 2.75) is 6.92 Å². The molecule has 0 bridgehead atoms. The van der Waals surface area contributed by atoms with Crippen LogP contribution < -0.4 is 11.5 Å². The van der Waals surface area contributed by atoms with E-state index in [0.29, 0.717) is 5.69 Å². The van der Waals surface area contributed by atoms with Crippen LogP contribution in [-0.4, -0.2) is 0 Å². The van der Waals surface area contributed by atoms with E-state index in [4.69, 9.17) is 11.5 Å². The van der Waals surface area contributed by atoms with E-state index in [1.807, 2.05) is 12.1 Å². The molecule has 0 fully saturated rings. The molecule has 0 spiro atoms. The van der Waals surface area contributed by atoms with E-state index < -0.39 is 0 Å². The maximum atomic E-state index is 5.94. The van der Waals surface area contributed by atoms with Crippen LogP contribution in [0.5, 0.6) is 0 Å². The Bertz CT molecular complexity index is 505. The zero-order valence-corrected chi connectivity index (χ0v) is 10.7. The highest BCUT2D eigenvalue weighted by Crippen LogP contribution is 2.39. The van der Waals surface area contributed by atoms with Crippen LogP contribution in [0.15, 0.2) is 28.7 Å². The van der Waals surface area contributed by atoms with Crippen molar-refractivity contribution < 1.29 is 0 Å². The van der Waals surface area contributed by atoms with E-state index in [1.165, 1.54) is 4.88 Å². The van der Waals surface area contributed by atoms with Gasteiger partial charge < -0.3 is 11.5 Å². The number of nitrogens with two attached hydrogens (primary N) is 2. The second-order valence-electron chi connectivity index (χ2n) is 3.38. The number of halogens is 1. The van der Waals surface area contributed by atoms with E-state index in [1.54, 1.807) is 17.4 Å².